The van der Waals surface area contributed by atoms with E-state index in [1.54, 1.807) is 18.2 Å². The van der Waals surface area contributed by atoms with Crippen molar-refractivity contribution in [2.75, 3.05) is 37.6 Å². The number of carbonyl (C=O) groups is 5. The van der Waals surface area contributed by atoms with E-state index < -0.39 is 23.8 Å². The molecule has 1 saturated carbocycles. The molecule has 2 N–H and O–H groups in total. The number of fused-ring (bicyclic) bond motifs is 2. The zero-order valence-corrected chi connectivity index (χ0v) is 36.1. The van der Waals surface area contributed by atoms with Gasteiger partial charge in [0.15, 0.2) is 0 Å². The molecule has 2 aliphatic carbocycles. The Bertz CT molecular complexity index is 2310. The van der Waals surface area contributed by atoms with Gasteiger partial charge in [0.1, 0.15) is 24.0 Å². The molecule has 0 bridgehead atoms. The van der Waals surface area contributed by atoms with Crippen molar-refractivity contribution in [3.05, 3.63) is 93.0 Å². The fraction of sp³-hybridized carbons (Fsp3) is 0.500. The molecule has 318 valence electrons. The lowest BCUT2D eigenvalue weighted by Crippen LogP contribution is -2.74. The van der Waals surface area contributed by atoms with Gasteiger partial charge in [0.25, 0.3) is 17.7 Å². The molecule has 5 amide bonds. The van der Waals surface area contributed by atoms with Crippen LogP contribution in [0.15, 0.2) is 54.6 Å². The smallest absolute Gasteiger partial charge is 0.262 e. The molecule has 4 aliphatic heterocycles. The maximum Gasteiger partial charge on any atom is 0.262 e. The third kappa shape index (κ3) is 7.27. The van der Waals surface area contributed by atoms with Gasteiger partial charge >= 0.3 is 0 Å². The zero-order chi connectivity index (χ0) is 43.0. The number of nitrogens with one attached hydrogen (secondary N) is 2. The molecule has 3 saturated heterocycles. The largest absolute Gasteiger partial charge is 0.489 e. The van der Waals surface area contributed by atoms with E-state index in [1.165, 1.54) is 0 Å². The van der Waals surface area contributed by atoms with E-state index in [2.05, 4.69) is 66.3 Å². The first-order valence-electron chi connectivity index (χ1n) is 21.7. The van der Waals surface area contributed by atoms with Crippen LogP contribution in [0.2, 0.25) is 5.02 Å². The first-order valence-corrected chi connectivity index (χ1v) is 22.1. The molecule has 3 aromatic carbocycles. The maximum atomic E-state index is 13.5. The van der Waals surface area contributed by atoms with Crippen molar-refractivity contribution in [2.45, 2.75) is 97.2 Å². The molecule has 1 spiro atoms. The average Bonchev–Trinajstić information content (AvgIpc) is 3.70. The molecule has 1 atom stereocenters. The summed E-state index contributed by atoms with van der Waals surface area (Å²) in [6.45, 7) is 13.5. The highest BCUT2D eigenvalue weighted by atomic mass is 35.5. The molecule has 0 aromatic heterocycles. The second kappa shape index (κ2) is 15.3. The summed E-state index contributed by atoms with van der Waals surface area (Å²) in [5.41, 5.74) is 4.64. The summed E-state index contributed by atoms with van der Waals surface area (Å²) in [5.74, 6) is -0.717. The number of hydrogen-bond acceptors (Lipinski definition) is 9. The predicted octanol–water partition coefficient (Wildman–Crippen LogP) is 6.32. The van der Waals surface area contributed by atoms with Gasteiger partial charge in [-0.3, -0.25) is 34.2 Å². The summed E-state index contributed by atoms with van der Waals surface area (Å²) in [6.07, 6.45) is 6.26. The fourth-order valence-corrected chi connectivity index (χ4v) is 12.0. The summed E-state index contributed by atoms with van der Waals surface area (Å²) >= 11 is 6.26. The Morgan fingerprint density at radius 1 is 0.869 bits per heavy atom. The number of nitriles is 1. The van der Waals surface area contributed by atoms with Crippen LogP contribution < -0.4 is 20.3 Å². The molecule has 4 fully saturated rings. The van der Waals surface area contributed by atoms with E-state index >= 15 is 0 Å². The van der Waals surface area contributed by atoms with Crippen LogP contribution in [-0.4, -0.2) is 90.2 Å². The Kier molecular flexibility index (Phi) is 10.3. The van der Waals surface area contributed by atoms with Crippen molar-refractivity contribution in [2.24, 2.45) is 22.2 Å². The number of carbonyl (C=O) groups excluding carboxylic acids is 5. The van der Waals surface area contributed by atoms with Gasteiger partial charge in [0.2, 0.25) is 11.8 Å². The minimum Gasteiger partial charge on any atom is -0.489 e. The minimum atomic E-state index is -0.949. The number of ether oxygens (including phenoxy) is 1. The number of nitrogens with zero attached hydrogens (tertiary/aromatic N) is 4. The number of likely N-dealkylation sites (tertiary alicyclic amines) is 1. The van der Waals surface area contributed by atoms with E-state index in [-0.39, 0.29) is 53.0 Å². The van der Waals surface area contributed by atoms with E-state index in [4.69, 9.17) is 16.3 Å². The lowest BCUT2D eigenvalue weighted by Gasteiger charge is -2.63. The molecule has 6 aliphatic rings. The fourth-order valence-electron chi connectivity index (χ4n) is 11.7. The van der Waals surface area contributed by atoms with Gasteiger partial charge in [0.05, 0.1) is 21.7 Å². The number of halogens is 1. The van der Waals surface area contributed by atoms with Gasteiger partial charge in [-0.1, -0.05) is 39.3 Å². The summed E-state index contributed by atoms with van der Waals surface area (Å²) in [7, 11) is 0. The van der Waals surface area contributed by atoms with E-state index in [1.807, 2.05) is 24.3 Å². The zero-order valence-electron chi connectivity index (χ0n) is 35.3. The second-order valence-electron chi connectivity index (χ2n) is 19.5. The number of piperidine rings is 3. The normalized spacial score (nSPS) is 25.4. The van der Waals surface area contributed by atoms with E-state index in [9.17, 15) is 29.2 Å². The van der Waals surface area contributed by atoms with Gasteiger partial charge in [-0.15, -0.1) is 0 Å². The lowest BCUT2D eigenvalue weighted by molar-refractivity contribution is -0.164. The van der Waals surface area contributed by atoms with E-state index in [0.29, 0.717) is 38.9 Å². The highest BCUT2D eigenvalue weighted by Crippen LogP contribution is 2.56. The van der Waals surface area contributed by atoms with Crippen LogP contribution in [0.1, 0.15) is 114 Å². The van der Waals surface area contributed by atoms with Crippen molar-refractivity contribution < 1.29 is 28.7 Å². The van der Waals surface area contributed by atoms with Crippen molar-refractivity contribution >= 4 is 46.8 Å². The molecule has 12 nitrogen and oxygen atoms in total. The van der Waals surface area contributed by atoms with Crippen molar-refractivity contribution in [1.29, 1.82) is 5.26 Å². The Morgan fingerprint density at radius 2 is 1.49 bits per heavy atom. The highest BCUT2D eigenvalue weighted by Gasteiger charge is 2.64. The Labute approximate surface area is 361 Å². The standard InChI is InChI=1S/C48H53ClN6O6/c1-46(2)44(47(3,4)45(46)61-34-10-7-30(26-50)37(49)23-34)52-40(57)29-5-8-33(9-6-29)54-17-13-28(14-18-54)27-53-19-15-48(16-20-53)24-31-21-35-36(22-32(31)25-48)43(60)55(42(35)59)38-11-12-39(56)51-41(38)58/h5-10,21-23,28,38,44-45H,11-20,24-25,27H2,1-4H3,(H,52,57)(H,51,56,58)/t38?,44-,45-. The van der Waals surface area contributed by atoms with Crippen molar-refractivity contribution in [3.63, 3.8) is 0 Å². The SMILES string of the molecule is CC1(C)[C@H](NC(=O)c2ccc(N3CCC(CN4CCC5(CC4)Cc4cc6c(cc4C5)C(=O)N(C4CCC(=O)NC4=O)C6=O)CC3)cc2)C(C)(C)[C@H]1Oc1ccc(C#N)c(Cl)c1. The highest BCUT2D eigenvalue weighted by molar-refractivity contribution is 6.31. The summed E-state index contributed by atoms with van der Waals surface area (Å²) in [4.78, 5) is 70.7. The van der Waals surface area contributed by atoms with Crippen molar-refractivity contribution in [3.8, 4) is 11.8 Å². The van der Waals surface area contributed by atoms with Gasteiger partial charge in [-0.25, -0.2) is 0 Å². The van der Waals surface area contributed by atoms with Gasteiger partial charge in [0, 0.05) is 60.2 Å². The quantitative estimate of drug-likeness (QED) is 0.248. The third-order valence-electron chi connectivity index (χ3n) is 14.9. The van der Waals surface area contributed by atoms with Crippen LogP contribution in [-0.2, 0) is 22.4 Å². The van der Waals surface area contributed by atoms with Gasteiger partial charge in [-0.2, -0.15) is 5.26 Å². The van der Waals surface area contributed by atoms with Crippen LogP contribution in [0.25, 0.3) is 0 Å². The molecule has 3 aromatic rings. The molecule has 61 heavy (non-hydrogen) atoms. The van der Waals surface area contributed by atoms with Crippen LogP contribution in [0, 0.1) is 33.5 Å². The number of hydrogen-bond donors (Lipinski definition) is 2. The number of imide groups is 2. The number of benzene rings is 3. The Hall–Kier alpha value is -5.25. The second-order valence-corrected chi connectivity index (χ2v) is 20.0. The summed E-state index contributed by atoms with van der Waals surface area (Å²) < 4.78 is 6.39. The van der Waals surface area contributed by atoms with Crippen molar-refractivity contribution in [1.82, 2.24) is 20.4 Å². The molecule has 4 heterocycles. The number of amides is 5. The predicted molar refractivity (Wildman–Crippen MR) is 229 cm³/mol. The van der Waals surface area contributed by atoms with Crippen LogP contribution >= 0.6 is 11.6 Å². The molecule has 1 unspecified atom stereocenters. The van der Waals surface area contributed by atoms with Crippen LogP contribution in [0.5, 0.6) is 5.75 Å². The monoisotopic (exact) mass is 844 g/mol. The Morgan fingerprint density at radius 3 is 2.07 bits per heavy atom. The average molecular weight is 845 g/mol. The first kappa shape index (κ1) is 41.1. The molecule has 0 radical (unpaired) electrons. The molecular formula is C48H53ClN6O6. The summed E-state index contributed by atoms with van der Waals surface area (Å²) in [5, 5.41) is 15.2. The molecular weight excluding hydrogens is 792 g/mol. The Balaban J connectivity index is 0.733. The van der Waals surface area contributed by atoms with Crippen LogP contribution in [0.3, 0.4) is 0 Å². The van der Waals surface area contributed by atoms with Crippen LogP contribution in [0.4, 0.5) is 5.69 Å². The molecule has 13 heteroatoms. The number of rotatable bonds is 8. The number of anilines is 1. The van der Waals surface area contributed by atoms with Gasteiger partial charge < -0.3 is 19.9 Å². The first-order chi connectivity index (χ1) is 29.1. The van der Waals surface area contributed by atoms with E-state index in [0.717, 1.165) is 93.0 Å². The topological polar surface area (TPSA) is 152 Å². The summed E-state index contributed by atoms with van der Waals surface area (Å²) in [6, 6.07) is 17.9. The van der Waals surface area contributed by atoms with Gasteiger partial charge in [-0.05, 0) is 129 Å². The third-order valence-corrected chi connectivity index (χ3v) is 15.2. The maximum absolute atomic E-state index is 13.5. The lowest BCUT2D eigenvalue weighted by atomic mass is 9.49. The molecule has 9 rings (SSSR count). The minimum absolute atomic E-state index is 0.103.